The summed E-state index contributed by atoms with van der Waals surface area (Å²) in [5.41, 5.74) is 4.20. The molecule has 3 aromatic carbocycles. The molecule has 0 aliphatic carbocycles. The van der Waals surface area contributed by atoms with E-state index in [0.717, 1.165) is 53.7 Å². The van der Waals surface area contributed by atoms with Gasteiger partial charge in [0.15, 0.2) is 5.78 Å². The number of rotatable bonds is 10. The molecule has 6 heteroatoms. The van der Waals surface area contributed by atoms with Crippen LogP contribution in [-0.4, -0.2) is 27.8 Å². The van der Waals surface area contributed by atoms with Crippen LogP contribution in [0.25, 0.3) is 11.0 Å². The number of imidazole rings is 1. The Labute approximate surface area is 204 Å². The Bertz CT molecular complexity index is 1290. The van der Waals surface area contributed by atoms with Gasteiger partial charge in [-0.1, -0.05) is 48.4 Å². The quantitative estimate of drug-likeness (QED) is 0.226. The van der Waals surface area contributed by atoms with Crippen molar-refractivity contribution in [3.8, 4) is 0 Å². The minimum Gasteiger partial charge on any atom is -0.352 e. The number of carbonyl (C=O) groups excluding carboxylic acids is 2. The summed E-state index contributed by atoms with van der Waals surface area (Å²) in [5, 5.41) is 3.62. The van der Waals surface area contributed by atoms with Gasteiger partial charge in [0.2, 0.25) is 0 Å². The van der Waals surface area contributed by atoms with Crippen molar-refractivity contribution in [3.63, 3.8) is 0 Å². The third kappa shape index (κ3) is 5.72. The fourth-order valence-electron chi connectivity index (χ4n) is 4.07. The van der Waals surface area contributed by atoms with Crippen LogP contribution >= 0.6 is 11.6 Å². The third-order valence-electron chi connectivity index (χ3n) is 5.95. The van der Waals surface area contributed by atoms with Crippen molar-refractivity contribution in [1.29, 1.82) is 0 Å². The second-order valence-corrected chi connectivity index (χ2v) is 8.85. The summed E-state index contributed by atoms with van der Waals surface area (Å²) in [6, 6.07) is 22.5. The normalized spacial score (nSPS) is 11.0. The maximum Gasteiger partial charge on any atom is 0.251 e. The molecule has 1 N–H and O–H groups in total. The van der Waals surface area contributed by atoms with Crippen molar-refractivity contribution in [2.75, 3.05) is 6.54 Å². The van der Waals surface area contributed by atoms with Gasteiger partial charge in [0.05, 0.1) is 17.6 Å². The first-order valence-corrected chi connectivity index (χ1v) is 12.0. The number of aromatic nitrogens is 2. The highest BCUT2D eigenvalue weighted by Gasteiger charge is 2.15. The number of unbranched alkanes of at least 4 members (excludes halogenated alkanes) is 2. The first-order chi connectivity index (χ1) is 16.5. The Morgan fingerprint density at radius 1 is 0.912 bits per heavy atom. The number of hydrogen-bond donors (Lipinski definition) is 1. The smallest absolute Gasteiger partial charge is 0.251 e. The van der Waals surface area contributed by atoms with E-state index in [4.69, 9.17) is 16.6 Å². The molecule has 0 aliphatic rings. The Balaban J connectivity index is 1.34. The molecule has 0 radical (unpaired) electrons. The summed E-state index contributed by atoms with van der Waals surface area (Å²) >= 11 is 5.96. The van der Waals surface area contributed by atoms with Crippen molar-refractivity contribution in [1.82, 2.24) is 14.9 Å². The summed E-state index contributed by atoms with van der Waals surface area (Å²) in [6.07, 6.45) is 3.55. The SMILES string of the molecule is Cc1ccccc1C(=O)NCCCCCc1nc2ccccc2n1CC(=O)c1ccc(Cl)cc1. The van der Waals surface area contributed by atoms with E-state index in [2.05, 4.69) is 5.32 Å². The number of para-hydroxylation sites is 2. The predicted octanol–water partition coefficient (Wildman–Crippen LogP) is 6.02. The van der Waals surface area contributed by atoms with E-state index < -0.39 is 0 Å². The van der Waals surface area contributed by atoms with Gasteiger partial charge < -0.3 is 9.88 Å². The maximum absolute atomic E-state index is 12.9. The lowest BCUT2D eigenvalue weighted by Crippen LogP contribution is -2.25. The highest BCUT2D eigenvalue weighted by Crippen LogP contribution is 2.19. The molecule has 1 aromatic heterocycles. The second kappa shape index (κ2) is 11.1. The van der Waals surface area contributed by atoms with Crippen LogP contribution < -0.4 is 5.32 Å². The highest BCUT2D eigenvalue weighted by atomic mass is 35.5. The lowest BCUT2D eigenvalue weighted by atomic mass is 10.1. The van der Waals surface area contributed by atoms with Gasteiger partial charge in [0.1, 0.15) is 5.82 Å². The van der Waals surface area contributed by atoms with E-state index in [0.29, 0.717) is 17.1 Å². The number of halogens is 1. The molecule has 0 unspecified atom stereocenters. The average Bonchev–Trinajstić information content (AvgIpc) is 3.19. The molecule has 34 heavy (non-hydrogen) atoms. The maximum atomic E-state index is 12.9. The number of carbonyl (C=O) groups is 2. The van der Waals surface area contributed by atoms with Gasteiger partial charge in [-0.2, -0.15) is 0 Å². The molecule has 4 rings (SSSR count). The Kier molecular flexibility index (Phi) is 7.76. The average molecular weight is 474 g/mol. The Morgan fingerprint density at radius 3 is 2.44 bits per heavy atom. The van der Waals surface area contributed by atoms with Crippen molar-refractivity contribution in [2.45, 2.75) is 39.2 Å². The molecule has 0 atom stereocenters. The number of hydrogen-bond acceptors (Lipinski definition) is 3. The van der Waals surface area contributed by atoms with Gasteiger partial charge in [0.25, 0.3) is 5.91 Å². The van der Waals surface area contributed by atoms with Gasteiger partial charge >= 0.3 is 0 Å². The molecule has 0 spiro atoms. The fourth-order valence-corrected chi connectivity index (χ4v) is 4.20. The Morgan fingerprint density at radius 2 is 1.65 bits per heavy atom. The van der Waals surface area contributed by atoms with Crippen molar-refractivity contribution in [2.24, 2.45) is 0 Å². The number of amides is 1. The summed E-state index contributed by atoms with van der Waals surface area (Å²) in [5.74, 6) is 0.910. The summed E-state index contributed by atoms with van der Waals surface area (Å²) in [4.78, 5) is 30.0. The molecular weight excluding hydrogens is 446 g/mol. The monoisotopic (exact) mass is 473 g/mol. The standard InChI is InChI=1S/C28H28ClN3O2/c1-20-9-4-5-10-23(20)28(34)30-18-8-2-3-13-27-31-24-11-6-7-12-25(24)32(27)19-26(33)21-14-16-22(29)17-15-21/h4-7,9-12,14-17H,2-3,8,13,18-19H2,1H3,(H,30,34). The van der Waals surface area contributed by atoms with Gasteiger partial charge in [-0.3, -0.25) is 9.59 Å². The largest absolute Gasteiger partial charge is 0.352 e. The van der Waals surface area contributed by atoms with Crippen LogP contribution in [0, 0.1) is 6.92 Å². The molecule has 0 saturated carbocycles. The van der Waals surface area contributed by atoms with Crippen molar-refractivity contribution < 1.29 is 9.59 Å². The van der Waals surface area contributed by atoms with Gasteiger partial charge in [-0.25, -0.2) is 4.98 Å². The predicted molar refractivity (Wildman–Crippen MR) is 137 cm³/mol. The van der Waals surface area contributed by atoms with Crippen LogP contribution in [0.3, 0.4) is 0 Å². The lowest BCUT2D eigenvalue weighted by Gasteiger charge is -2.10. The highest BCUT2D eigenvalue weighted by molar-refractivity contribution is 6.30. The van der Waals surface area contributed by atoms with E-state index in [1.54, 1.807) is 24.3 Å². The second-order valence-electron chi connectivity index (χ2n) is 8.41. The lowest BCUT2D eigenvalue weighted by molar-refractivity contribution is 0.0950. The van der Waals surface area contributed by atoms with Crippen LogP contribution in [0.1, 0.15) is 51.4 Å². The summed E-state index contributed by atoms with van der Waals surface area (Å²) in [6.45, 7) is 2.82. The number of fused-ring (bicyclic) bond motifs is 1. The van der Waals surface area contributed by atoms with E-state index in [-0.39, 0.29) is 18.2 Å². The zero-order chi connectivity index (χ0) is 23.9. The summed E-state index contributed by atoms with van der Waals surface area (Å²) in [7, 11) is 0. The van der Waals surface area contributed by atoms with Crippen LogP contribution in [0.2, 0.25) is 5.02 Å². The zero-order valence-electron chi connectivity index (χ0n) is 19.3. The molecule has 0 aliphatic heterocycles. The molecule has 174 valence electrons. The molecule has 0 saturated heterocycles. The van der Waals surface area contributed by atoms with Gasteiger partial charge in [0, 0.05) is 29.1 Å². The summed E-state index contributed by atoms with van der Waals surface area (Å²) < 4.78 is 2.02. The molecule has 1 amide bonds. The van der Waals surface area contributed by atoms with Crippen LogP contribution in [0.4, 0.5) is 0 Å². The zero-order valence-corrected chi connectivity index (χ0v) is 20.0. The third-order valence-corrected chi connectivity index (χ3v) is 6.21. The van der Waals surface area contributed by atoms with E-state index in [9.17, 15) is 9.59 Å². The van der Waals surface area contributed by atoms with Gasteiger partial charge in [-0.15, -0.1) is 0 Å². The topological polar surface area (TPSA) is 64.0 Å². The molecule has 1 heterocycles. The molecule has 0 fully saturated rings. The fraction of sp³-hybridized carbons (Fsp3) is 0.250. The number of ketones is 1. The van der Waals surface area contributed by atoms with E-state index in [1.807, 2.05) is 60.0 Å². The van der Waals surface area contributed by atoms with Crippen LogP contribution in [0.5, 0.6) is 0 Å². The molecular formula is C28H28ClN3O2. The van der Waals surface area contributed by atoms with Crippen LogP contribution in [-0.2, 0) is 13.0 Å². The minimum absolute atomic E-state index is 0.0272. The number of benzene rings is 3. The van der Waals surface area contributed by atoms with Crippen molar-refractivity contribution >= 4 is 34.3 Å². The molecule has 0 bridgehead atoms. The van der Waals surface area contributed by atoms with Crippen molar-refractivity contribution in [3.05, 3.63) is 100 Å². The van der Waals surface area contributed by atoms with Gasteiger partial charge in [-0.05, 0) is 67.8 Å². The number of nitrogens with one attached hydrogen (secondary N) is 1. The first-order valence-electron chi connectivity index (χ1n) is 11.6. The van der Waals surface area contributed by atoms with E-state index in [1.165, 1.54) is 0 Å². The number of aryl methyl sites for hydroxylation is 2. The first kappa shape index (κ1) is 23.7. The minimum atomic E-state index is -0.0272. The number of nitrogens with zero attached hydrogens (tertiary/aromatic N) is 2. The Hall–Kier alpha value is -3.44. The van der Waals surface area contributed by atoms with E-state index >= 15 is 0 Å². The number of Topliss-reactive ketones (excluding diaryl/α,β-unsaturated/α-hetero) is 1. The molecule has 5 nitrogen and oxygen atoms in total. The molecule has 4 aromatic rings. The van der Waals surface area contributed by atoms with Crippen LogP contribution in [0.15, 0.2) is 72.8 Å².